The minimum atomic E-state index is -1.03. The number of hydrogen-bond donors (Lipinski definition) is 1. The van der Waals surface area contributed by atoms with Crippen LogP contribution in [-0.4, -0.2) is 26.1 Å². The van der Waals surface area contributed by atoms with Gasteiger partial charge in [-0.25, -0.2) is 9.48 Å². The molecule has 6 heteroatoms. The number of carboxylic acids is 1. The Balaban J connectivity index is 2.28. The zero-order valence-corrected chi connectivity index (χ0v) is 11.3. The minimum absolute atomic E-state index is 0.122. The van der Waals surface area contributed by atoms with E-state index in [0.717, 1.165) is 5.56 Å². The Bertz CT molecular complexity index is 826. The fourth-order valence-corrected chi connectivity index (χ4v) is 2.39. The summed E-state index contributed by atoms with van der Waals surface area (Å²) in [6, 6.07) is 10.5. The third-order valence-corrected chi connectivity index (χ3v) is 3.34. The van der Waals surface area contributed by atoms with Crippen LogP contribution in [0, 0.1) is 6.92 Å². The summed E-state index contributed by atoms with van der Waals surface area (Å²) in [7, 11) is 0. The van der Waals surface area contributed by atoms with Gasteiger partial charge in [-0.2, -0.15) is 0 Å². The molecule has 0 bridgehead atoms. The quantitative estimate of drug-likeness (QED) is 0.786. The van der Waals surface area contributed by atoms with E-state index in [4.69, 9.17) is 16.7 Å². The zero-order valence-electron chi connectivity index (χ0n) is 10.5. The zero-order chi connectivity index (χ0) is 14.3. The number of carbonyl (C=O) groups is 1. The number of halogens is 1. The highest BCUT2D eigenvalue weighted by Gasteiger charge is 2.15. The molecule has 0 aliphatic rings. The number of aromatic nitrogens is 3. The molecule has 5 nitrogen and oxygen atoms in total. The number of hydrogen-bond acceptors (Lipinski definition) is 3. The first-order valence-corrected chi connectivity index (χ1v) is 6.30. The average Bonchev–Trinajstić information content (AvgIpc) is 2.82. The summed E-state index contributed by atoms with van der Waals surface area (Å²) < 4.78 is 1.55. The normalized spacial score (nSPS) is 10.9. The molecule has 1 heterocycles. The molecular formula is C14H10ClN3O2. The first-order chi connectivity index (χ1) is 9.58. The molecule has 2 aromatic carbocycles. The molecule has 0 radical (unpaired) electrons. The van der Waals surface area contributed by atoms with Crippen molar-refractivity contribution in [1.29, 1.82) is 0 Å². The van der Waals surface area contributed by atoms with E-state index in [9.17, 15) is 4.79 Å². The second-order valence-corrected chi connectivity index (χ2v) is 4.84. The van der Waals surface area contributed by atoms with Crippen molar-refractivity contribution in [1.82, 2.24) is 15.0 Å². The summed E-state index contributed by atoms with van der Waals surface area (Å²) in [5.74, 6) is -1.03. The van der Waals surface area contributed by atoms with Crippen molar-refractivity contribution in [2.24, 2.45) is 0 Å². The van der Waals surface area contributed by atoms with E-state index >= 15 is 0 Å². The second kappa shape index (κ2) is 4.61. The number of rotatable bonds is 2. The Morgan fingerprint density at radius 3 is 2.80 bits per heavy atom. The third-order valence-electron chi connectivity index (χ3n) is 3.04. The molecule has 3 aromatic rings. The SMILES string of the molecule is Cc1ccc(-n2nnc3c(C(=O)O)cccc32)c(Cl)c1. The summed E-state index contributed by atoms with van der Waals surface area (Å²) >= 11 is 6.22. The molecule has 0 unspecified atom stereocenters. The topological polar surface area (TPSA) is 68.0 Å². The smallest absolute Gasteiger partial charge is 0.338 e. The van der Waals surface area contributed by atoms with Crippen LogP contribution in [0.25, 0.3) is 16.7 Å². The number of nitrogens with zero attached hydrogens (tertiary/aromatic N) is 3. The fraction of sp³-hybridized carbons (Fsp3) is 0.0714. The van der Waals surface area contributed by atoms with Gasteiger partial charge in [0.25, 0.3) is 0 Å². The van der Waals surface area contributed by atoms with Crippen LogP contribution < -0.4 is 0 Å². The van der Waals surface area contributed by atoms with E-state index in [1.54, 1.807) is 16.8 Å². The molecule has 0 spiro atoms. The van der Waals surface area contributed by atoms with Gasteiger partial charge in [0.2, 0.25) is 0 Å². The van der Waals surface area contributed by atoms with Crippen molar-refractivity contribution in [2.75, 3.05) is 0 Å². The van der Waals surface area contributed by atoms with Gasteiger partial charge in [-0.05, 0) is 36.8 Å². The lowest BCUT2D eigenvalue weighted by Crippen LogP contribution is -1.99. The lowest BCUT2D eigenvalue weighted by Gasteiger charge is -2.05. The maximum Gasteiger partial charge on any atom is 0.338 e. The van der Waals surface area contributed by atoms with Crippen molar-refractivity contribution in [2.45, 2.75) is 6.92 Å². The van der Waals surface area contributed by atoms with E-state index in [1.165, 1.54) is 6.07 Å². The van der Waals surface area contributed by atoms with Crippen molar-refractivity contribution < 1.29 is 9.90 Å². The number of aryl methyl sites for hydroxylation is 1. The standard InChI is InChI=1S/C14H10ClN3O2/c1-8-5-6-11(10(15)7-8)18-12-4-2-3-9(14(19)20)13(12)16-17-18/h2-7H,1H3,(H,19,20). The average molecular weight is 288 g/mol. The highest BCUT2D eigenvalue weighted by Crippen LogP contribution is 2.25. The Morgan fingerprint density at radius 2 is 2.10 bits per heavy atom. The highest BCUT2D eigenvalue weighted by atomic mass is 35.5. The Morgan fingerprint density at radius 1 is 1.30 bits per heavy atom. The molecular weight excluding hydrogens is 278 g/mol. The van der Waals surface area contributed by atoms with Crippen LogP contribution in [0.3, 0.4) is 0 Å². The molecule has 100 valence electrons. The molecule has 0 saturated heterocycles. The molecule has 0 aliphatic heterocycles. The van der Waals surface area contributed by atoms with Gasteiger partial charge >= 0.3 is 5.97 Å². The van der Waals surface area contributed by atoms with Crippen LogP contribution >= 0.6 is 11.6 Å². The van der Waals surface area contributed by atoms with Gasteiger partial charge in [0.15, 0.2) is 0 Å². The molecule has 3 rings (SSSR count). The van der Waals surface area contributed by atoms with E-state index in [2.05, 4.69) is 10.3 Å². The highest BCUT2D eigenvalue weighted by molar-refractivity contribution is 6.32. The van der Waals surface area contributed by atoms with Gasteiger partial charge in [0.1, 0.15) is 5.52 Å². The number of fused-ring (bicyclic) bond motifs is 1. The van der Waals surface area contributed by atoms with Gasteiger partial charge in [-0.1, -0.05) is 28.9 Å². The second-order valence-electron chi connectivity index (χ2n) is 4.43. The van der Waals surface area contributed by atoms with Crippen molar-refractivity contribution >= 4 is 28.6 Å². The summed E-state index contributed by atoms with van der Waals surface area (Å²) in [6.07, 6.45) is 0. The van der Waals surface area contributed by atoms with E-state index in [1.807, 2.05) is 25.1 Å². The van der Waals surface area contributed by atoms with E-state index < -0.39 is 5.97 Å². The molecule has 0 fully saturated rings. The molecule has 20 heavy (non-hydrogen) atoms. The number of carboxylic acid groups (broad SMARTS) is 1. The largest absolute Gasteiger partial charge is 0.478 e. The molecule has 1 aromatic heterocycles. The maximum atomic E-state index is 11.2. The fourth-order valence-electron chi connectivity index (χ4n) is 2.08. The predicted molar refractivity (Wildman–Crippen MR) is 75.6 cm³/mol. The Labute approximate surface area is 119 Å². The molecule has 0 atom stereocenters. The molecule has 0 aliphatic carbocycles. The van der Waals surface area contributed by atoms with Gasteiger partial charge in [0, 0.05) is 0 Å². The summed E-state index contributed by atoms with van der Waals surface area (Å²) in [5.41, 5.74) is 2.78. The summed E-state index contributed by atoms with van der Waals surface area (Å²) in [6.45, 7) is 1.94. The first-order valence-electron chi connectivity index (χ1n) is 5.92. The Hall–Kier alpha value is -2.40. The lowest BCUT2D eigenvalue weighted by atomic mass is 10.2. The third kappa shape index (κ3) is 1.92. The number of benzene rings is 2. The van der Waals surface area contributed by atoms with Crippen LogP contribution in [0.2, 0.25) is 5.02 Å². The Kier molecular flexibility index (Phi) is 2.91. The predicted octanol–water partition coefficient (Wildman–Crippen LogP) is 3.08. The van der Waals surface area contributed by atoms with Crippen molar-refractivity contribution in [3.63, 3.8) is 0 Å². The monoisotopic (exact) mass is 287 g/mol. The lowest BCUT2D eigenvalue weighted by molar-refractivity contribution is 0.0699. The molecule has 0 amide bonds. The van der Waals surface area contributed by atoms with Gasteiger partial charge in [-0.3, -0.25) is 0 Å². The molecule has 1 N–H and O–H groups in total. The van der Waals surface area contributed by atoms with E-state index in [0.29, 0.717) is 21.7 Å². The van der Waals surface area contributed by atoms with E-state index in [-0.39, 0.29) is 5.56 Å². The maximum absolute atomic E-state index is 11.2. The van der Waals surface area contributed by atoms with Crippen LogP contribution in [0.15, 0.2) is 36.4 Å². The summed E-state index contributed by atoms with van der Waals surface area (Å²) in [5, 5.41) is 17.7. The van der Waals surface area contributed by atoms with Crippen LogP contribution in [-0.2, 0) is 0 Å². The molecule has 0 saturated carbocycles. The first kappa shape index (κ1) is 12.6. The van der Waals surface area contributed by atoms with Crippen LogP contribution in [0.5, 0.6) is 0 Å². The number of aromatic carboxylic acids is 1. The van der Waals surface area contributed by atoms with Crippen LogP contribution in [0.1, 0.15) is 15.9 Å². The summed E-state index contributed by atoms with van der Waals surface area (Å²) in [4.78, 5) is 11.2. The van der Waals surface area contributed by atoms with Crippen molar-refractivity contribution in [3.05, 3.63) is 52.5 Å². The van der Waals surface area contributed by atoms with Gasteiger partial charge in [-0.15, -0.1) is 5.10 Å². The van der Waals surface area contributed by atoms with Gasteiger partial charge < -0.3 is 5.11 Å². The van der Waals surface area contributed by atoms with Crippen molar-refractivity contribution in [3.8, 4) is 5.69 Å². The van der Waals surface area contributed by atoms with Crippen LogP contribution in [0.4, 0.5) is 0 Å². The van der Waals surface area contributed by atoms with Gasteiger partial charge in [0.05, 0.1) is 21.8 Å². The minimum Gasteiger partial charge on any atom is -0.478 e.